The fourth-order valence-electron chi connectivity index (χ4n) is 1.60. The molecular weight excluding hydrogens is 312 g/mol. The van der Waals surface area contributed by atoms with Crippen LogP contribution >= 0.6 is 15.9 Å². The number of ether oxygens (including phenoxy) is 2. The minimum atomic E-state index is -0.400. The van der Waals surface area contributed by atoms with E-state index < -0.39 is 5.97 Å². The Morgan fingerprint density at radius 3 is 2.95 bits per heavy atom. The van der Waals surface area contributed by atoms with Crippen molar-refractivity contribution in [3.63, 3.8) is 0 Å². The molecule has 0 unspecified atom stereocenters. The first-order chi connectivity index (χ1) is 9.17. The highest BCUT2D eigenvalue weighted by Crippen LogP contribution is 2.23. The molecule has 5 nitrogen and oxygen atoms in total. The molecule has 0 atom stereocenters. The Labute approximate surface area is 119 Å². The van der Waals surface area contributed by atoms with Crippen LogP contribution in [0, 0.1) is 0 Å². The Balaban J connectivity index is 2.38. The molecule has 2 aromatic rings. The third-order valence-electron chi connectivity index (χ3n) is 2.50. The molecular formula is C13H13BrN2O3. The quantitative estimate of drug-likeness (QED) is 0.811. The van der Waals surface area contributed by atoms with Gasteiger partial charge in [-0.25, -0.2) is 9.48 Å². The molecule has 0 bridgehead atoms. The van der Waals surface area contributed by atoms with Gasteiger partial charge in [-0.2, -0.15) is 5.10 Å². The number of hydrogen-bond donors (Lipinski definition) is 0. The Bertz CT molecular complexity index is 595. The highest BCUT2D eigenvalue weighted by molar-refractivity contribution is 9.10. The molecule has 0 aliphatic rings. The maximum absolute atomic E-state index is 11.7. The zero-order chi connectivity index (χ0) is 13.8. The van der Waals surface area contributed by atoms with Gasteiger partial charge in [0.15, 0.2) is 0 Å². The number of hydrogen-bond acceptors (Lipinski definition) is 4. The molecule has 1 heterocycles. The SMILES string of the molecule is CCOC(=O)c1cnn(-c2cccc(OC)c2)c1Br. The van der Waals surface area contributed by atoms with Crippen LogP contribution in [0.1, 0.15) is 17.3 Å². The Morgan fingerprint density at radius 1 is 1.47 bits per heavy atom. The van der Waals surface area contributed by atoms with Crippen LogP contribution in [0.15, 0.2) is 35.1 Å². The molecule has 6 heteroatoms. The van der Waals surface area contributed by atoms with Gasteiger partial charge in [-0.15, -0.1) is 0 Å². The molecule has 0 N–H and O–H groups in total. The summed E-state index contributed by atoms with van der Waals surface area (Å²) in [6.07, 6.45) is 1.47. The smallest absolute Gasteiger partial charge is 0.342 e. The summed E-state index contributed by atoms with van der Waals surface area (Å²) in [5, 5.41) is 4.18. The van der Waals surface area contributed by atoms with E-state index in [1.165, 1.54) is 6.20 Å². The van der Waals surface area contributed by atoms with Crippen LogP contribution in [0.3, 0.4) is 0 Å². The van der Waals surface area contributed by atoms with E-state index in [0.29, 0.717) is 16.8 Å². The Morgan fingerprint density at radius 2 is 2.26 bits per heavy atom. The summed E-state index contributed by atoms with van der Waals surface area (Å²) in [5.41, 5.74) is 1.19. The second-order valence-electron chi connectivity index (χ2n) is 3.68. The average Bonchev–Trinajstić information content (AvgIpc) is 2.81. The van der Waals surface area contributed by atoms with Gasteiger partial charge in [-0.1, -0.05) is 6.07 Å². The summed E-state index contributed by atoms with van der Waals surface area (Å²) in [6.45, 7) is 2.09. The second-order valence-corrected chi connectivity index (χ2v) is 4.43. The lowest BCUT2D eigenvalue weighted by molar-refractivity contribution is 0.0525. The number of carbonyl (C=O) groups is 1. The number of rotatable bonds is 4. The second kappa shape index (κ2) is 5.88. The van der Waals surface area contributed by atoms with E-state index in [2.05, 4.69) is 21.0 Å². The van der Waals surface area contributed by atoms with Gasteiger partial charge in [0.1, 0.15) is 15.9 Å². The number of carbonyl (C=O) groups excluding carboxylic acids is 1. The summed E-state index contributed by atoms with van der Waals surface area (Å²) in [5.74, 6) is 0.320. The Kier molecular flexibility index (Phi) is 4.21. The first-order valence-corrected chi connectivity index (χ1v) is 6.51. The zero-order valence-electron chi connectivity index (χ0n) is 10.6. The van der Waals surface area contributed by atoms with Crippen molar-refractivity contribution in [2.45, 2.75) is 6.92 Å². The summed E-state index contributed by atoms with van der Waals surface area (Å²) in [7, 11) is 1.60. The zero-order valence-corrected chi connectivity index (χ0v) is 12.2. The van der Waals surface area contributed by atoms with Crippen molar-refractivity contribution in [3.05, 3.63) is 40.6 Å². The number of methoxy groups -OCH3 is 1. The summed E-state index contributed by atoms with van der Waals surface area (Å²) in [6, 6.07) is 7.39. The highest BCUT2D eigenvalue weighted by atomic mass is 79.9. The molecule has 1 aromatic heterocycles. The number of esters is 1. The van der Waals surface area contributed by atoms with Crippen molar-refractivity contribution in [1.29, 1.82) is 0 Å². The van der Waals surface area contributed by atoms with Gasteiger partial charge in [0.05, 0.1) is 25.6 Å². The van der Waals surface area contributed by atoms with Gasteiger partial charge >= 0.3 is 5.97 Å². The van der Waals surface area contributed by atoms with Crippen molar-refractivity contribution in [2.24, 2.45) is 0 Å². The van der Waals surface area contributed by atoms with Crippen LogP contribution in [-0.2, 0) is 4.74 Å². The molecule has 2 rings (SSSR count). The maximum Gasteiger partial charge on any atom is 0.342 e. The first-order valence-electron chi connectivity index (χ1n) is 5.72. The van der Waals surface area contributed by atoms with Crippen molar-refractivity contribution in [3.8, 4) is 11.4 Å². The summed E-state index contributed by atoms with van der Waals surface area (Å²) in [4.78, 5) is 11.7. The highest BCUT2D eigenvalue weighted by Gasteiger charge is 2.17. The molecule has 0 aliphatic heterocycles. The molecule has 0 spiro atoms. The number of benzene rings is 1. The molecule has 0 fully saturated rings. The average molecular weight is 325 g/mol. The van der Waals surface area contributed by atoms with Gasteiger partial charge in [0.2, 0.25) is 0 Å². The minimum Gasteiger partial charge on any atom is -0.497 e. The monoisotopic (exact) mass is 324 g/mol. The first kappa shape index (κ1) is 13.6. The van der Waals surface area contributed by atoms with Crippen molar-refractivity contribution in [2.75, 3.05) is 13.7 Å². The van der Waals surface area contributed by atoms with Gasteiger partial charge < -0.3 is 9.47 Å². The lowest BCUT2D eigenvalue weighted by atomic mass is 10.3. The third-order valence-corrected chi connectivity index (χ3v) is 3.27. The van der Waals surface area contributed by atoms with Crippen molar-refractivity contribution < 1.29 is 14.3 Å². The van der Waals surface area contributed by atoms with Crippen molar-refractivity contribution in [1.82, 2.24) is 9.78 Å². The molecule has 0 aliphatic carbocycles. The molecule has 19 heavy (non-hydrogen) atoms. The van der Waals surface area contributed by atoms with E-state index in [4.69, 9.17) is 9.47 Å². The standard InChI is InChI=1S/C13H13BrN2O3/c1-3-19-13(17)11-8-15-16(12(11)14)9-5-4-6-10(7-9)18-2/h4-8H,3H2,1-2H3. The van der Waals surface area contributed by atoms with Crippen LogP contribution in [0.25, 0.3) is 5.69 Å². The maximum atomic E-state index is 11.7. The van der Waals surface area contributed by atoms with Crippen LogP contribution in [0.5, 0.6) is 5.75 Å². The third kappa shape index (κ3) is 2.78. The van der Waals surface area contributed by atoms with Gasteiger partial charge in [-0.05, 0) is 35.0 Å². The van der Waals surface area contributed by atoms with Crippen LogP contribution < -0.4 is 4.74 Å². The van der Waals surface area contributed by atoms with Gasteiger partial charge in [0, 0.05) is 6.07 Å². The minimum absolute atomic E-state index is 0.329. The molecule has 0 saturated heterocycles. The molecule has 0 saturated carbocycles. The van der Waals surface area contributed by atoms with E-state index in [1.54, 1.807) is 18.7 Å². The molecule has 0 radical (unpaired) electrons. The predicted octanol–water partition coefficient (Wildman–Crippen LogP) is 2.82. The van der Waals surface area contributed by atoms with E-state index in [0.717, 1.165) is 11.4 Å². The van der Waals surface area contributed by atoms with Crippen molar-refractivity contribution >= 4 is 21.9 Å². The van der Waals surface area contributed by atoms with E-state index in [-0.39, 0.29) is 0 Å². The lowest BCUT2D eigenvalue weighted by Gasteiger charge is -2.06. The fraction of sp³-hybridized carbons (Fsp3) is 0.231. The normalized spacial score (nSPS) is 10.3. The van der Waals surface area contributed by atoms with E-state index >= 15 is 0 Å². The lowest BCUT2D eigenvalue weighted by Crippen LogP contribution is -2.05. The van der Waals surface area contributed by atoms with Gasteiger partial charge in [0.25, 0.3) is 0 Å². The number of halogens is 1. The molecule has 0 amide bonds. The predicted molar refractivity (Wildman–Crippen MR) is 73.8 cm³/mol. The van der Waals surface area contributed by atoms with Gasteiger partial charge in [-0.3, -0.25) is 0 Å². The summed E-state index contributed by atoms with van der Waals surface area (Å²) >= 11 is 3.36. The summed E-state index contributed by atoms with van der Waals surface area (Å²) < 4.78 is 12.3. The van der Waals surface area contributed by atoms with E-state index in [9.17, 15) is 4.79 Å². The van der Waals surface area contributed by atoms with Crippen LogP contribution in [-0.4, -0.2) is 29.5 Å². The molecule has 1 aromatic carbocycles. The number of nitrogens with zero attached hydrogens (tertiary/aromatic N) is 2. The fourth-order valence-corrected chi connectivity index (χ4v) is 2.16. The van der Waals surface area contributed by atoms with Crippen LogP contribution in [0.4, 0.5) is 0 Å². The van der Waals surface area contributed by atoms with Crippen LogP contribution in [0.2, 0.25) is 0 Å². The topological polar surface area (TPSA) is 53.3 Å². The largest absolute Gasteiger partial charge is 0.497 e. The number of aromatic nitrogens is 2. The van der Waals surface area contributed by atoms with E-state index in [1.807, 2.05) is 24.3 Å². The molecule has 100 valence electrons. The Hall–Kier alpha value is -1.82.